The van der Waals surface area contributed by atoms with Crippen molar-refractivity contribution < 1.29 is 13.2 Å². The number of guanidine groups is 1. The van der Waals surface area contributed by atoms with E-state index in [0.717, 1.165) is 54.2 Å². The average molecular weight is 445 g/mol. The van der Waals surface area contributed by atoms with E-state index >= 15 is 0 Å². The Morgan fingerprint density at radius 1 is 1.19 bits per heavy atom. The number of benzene rings is 1. The van der Waals surface area contributed by atoms with Crippen molar-refractivity contribution in [1.29, 1.82) is 0 Å². The predicted octanol–water partition coefficient (Wildman–Crippen LogP) is 3.60. The Balaban J connectivity index is 1.27. The highest BCUT2D eigenvalue weighted by atomic mass is 19.4. The molecule has 170 valence electrons. The number of likely N-dealkylation sites (tertiary alicyclic amines) is 1. The molecule has 0 spiro atoms. The van der Waals surface area contributed by atoms with Crippen molar-refractivity contribution in [2.75, 3.05) is 20.1 Å². The number of aryl methyl sites for hydroxylation is 1. The summed E-state index contributed by atoms with van der Waals surface area (Å²) in [6, 6.07) is 11.6. The van der Waals surface area contributed by atoms with Gasteiger partial charge in [0.25, 0.3) is 0 Å². The van der Waals surface area contributed by atoms with Crippen LogP contribution in [0.15, 0.2) is 53.7 Å². The Morgan fingerprint density at radius 3 is 2.66 bits per heavy atom. The molecule has 1 atom stereocenters. The highest BCUT2D eigenvalue weighted by Crippen LogP contribution is 2.29. The molecule has 0 radical (unpaired) electrons. The van der Waals surface area contributed by atoms with Gasteiger partial charge in [0.05, 0.1) is 17.8 Å². The maximum atomic E-state index is 12.7. The standard InChI is InChI=1S/C23H27F3N6/c1-16-4-3-5-21-29-20(15-32(16)21)12-28-22(27-2)30-19-10-11-31(14-19)13-17-6-8-18(9-7-17)23(24,25)26/h3-9,15,19H,10-14H2,1-2H3,(H2,27,28,30). The van der Waals surface area contributed by atoms with Gasteiger partial charge in [-0.1, -0.05) is 18.2 Å². The predicted molar refractivity (Wildman–Crippen MR) is 118 cm³/mol. The fraction of sp³-hybridized carbons (Fsp3) is 0.391. The third kappa shape index (κ3) is 5.21. The molecule has 2 aromatic heterocycles. The molecule has 0 amide bonds. The molecule has 1 aliphatic rings. The van der Waals surface area contributed by atoms with Gasteiger partial charge in [-0.25, -0.2) is 4.98 Å². The molecular formula is C23H27F3N6. The third-order valence-corrected chi connectivity index (χ3v) is 5.71. The Kier molecular flexibility index (Phi) is 6.36. The van der Waals surface area contributed by atoms with Crippen LogP contribution in [0.1, 0.15) is 28.9 Å². The summed E-state index contributed by atoms with van der Waals surface area (Å²) in [4.78, 5) is 11.2. The molecule has 0 bridgehead atoms. The van der Waals surface area contributed by atoms with Crippen LogP contribution in [0.3, 0.4) is 0 Å². The molecule has 32 heavy (non-hydrogen) atoms. The zero-order valence-corrected chi connectivity index (χ0v) is 18.2. The summed E-state index contributed by atoms with van der Waals surface area (Å²) in [5.41, 5.74) is 3.24. The lowest BCUT2D eigenvalue weighted by Crippen LogP contribution is -2.44. The van der Waals surface area contributed by atoms with Crippen molar-refractivity contribution in [2.24, 2.45) is 4.99 Å². The number of aliphatic imine (C=N–C) groups is 1. The van der Waals surface area contributed by atoms with Gasteiger partial charge >= 0.3 is 6.18 Å². The second kappa shape index (κ2) is 9.20. The molecule has 9 heteroatoms. The zero-order valence-electron chi connectivity index (χ0n) is 18.2. The van der Waals surface area contributed by atoms with Gasteiger partial charge in [0.2, 0.25) is 0 Å². The quantitative estimate of drug-likeness (QED) is 0.467. The van der Waals surface area contributed by atoms with Crippen molar-refractivity contribution in [1.82, 2.24) is 24.9 Å². The number of imidazole rings is 1. The van der Waals surface area contributed by atoms with Crippen LogP contribution in [-0.2, 0) is 19.3 Å². The van der Waals surface area contributed by atoms with Crippen LogP contribution in [0.5, 0.6) is 0 Å². The molecular weight excluding hydrogens is 417 g/mol. The Bertz CT molecular complexity index is 1090. The first-order valence-electron chi connectivity index (χ1n) is 10.6. The van der Waals surface area contributed by atoms with E-state index in [1.807, 2.05) is 31.3 Å². The number of hydrogen-bond donors (Lipinski definition) is 2. The number of pyridine rings is 1. The van der Waals surface area contributed by atoms with E-state index in [2.05, 4.69) is 29.9 Å². The summed E-state index contributed by atoms with van der Waals surface area (Å²) in [6.45, 7) is 4.91. The van der Waals surface area contributed by atoms with Crippen molar-refractivity contribution >= 4 is 11.6 Å². The van der Waals surface area contributed by atoms with Gasteiger partial charge in [0, 0.05) is 44.6 Å². The van der Waals surface area contributed by atoms with Gasteiger partial charge in [0.1, 0.15) is 5.65 Å². The Labute approximate surface area is 185 Å². The SMILES string of the molecule is CN=C(NCc1cn2c(C)cccc2n1)NC1CCN(Cc2ccc(C(F)(F)F)cc2)C1. The lowest BCUT2D eigenvalue weighted by molar-refractivity contribution is -0.137. The minimum Gasteiger partial charge on any atom is -0.352 e. The highest BCUT2D eigenvalue weighted by Gasteiger charge is 2.30. The fourth-order valence-corrected chi connectivity index (χ4v) is 4.00. The molecule has 0 saturated carbocycles. The second-order valence-corrected chi connectivity index (χ2v) is 8.11. The molecule has 4 rings (SSSR count). The fourth-order valence-electron chi connectivity index (χ4n) is 4.00. The highest BCUT2D eigenvalue weighted by molar-refractivity contribution is 5.80. The first-order chi connectivity index (χ1) is 15.3. The lowest BCUT2D eigenvalue weighted by Gasteiger charge is -2.19. The summed E-state index contributed by atoms with van der Waals surface area (Å²) in [6.07, 6.45) is -1.34. The van der Waals surface area contributed by atoms with E-state index in [-0.39, 0.29) is 6.04 Å². The van der Waals surface area contributed by atoms with Crippen LogP contribution in [0.25, 0.3) is 5.65 Å². The van der Waals surface area contributed by atoms with E-state index in [4.69, 9.17) is 0 Å². The number of fused-ring (bicyclic) bond motifs is 1. The topological polar surface area (TPSA) is 57.0 Å². The molecule has 3 heterocycles. The van der Waals surface area contributed by atoms with E-state index in [1.54, 1.807) is 19.2 Å². The first-order valence-corrected chi connectivity index (χ1v) is 10.6. The summed E-state index contributed by atoms with van der Waals surface area (Å²) < 4.78 is 40.3. The minimum atomic E-state index is -4.30. The number of alkyl halides is 3. The summed E-state index contributed by atoms with van der Waals surface area (Å²) >= 11 is 0. The number of nitrogens with one attached hydrogen (secondary N) is 2. The van der Waals surface area contributed by atoms with Crippen LogP contribution in [0, 0.1) is 6.92 Å². The number of nitrogens with zero attached hydrogens (tertiary/aromatic N) is 4. The Morgan fingerprint density at radius 2 is 1.97 bits per heavy atom. The van der Waals surface area contributed by atoms with Crippen molar-refractivity contribution in [3.63, 3.8) is 0 Å². The largest absolute Gasteiger partial charge is 0.416 e. The van der Waals surface area contributed by atoms with Crippen LogP contribution in [0.2, 0.25) is 0 Å². The van der Waals surface area contributed by atoms with Crippen LogP contribution < -0.4 is 10.6 Å². The summed E-state index contributed by atoms with van der Waals surface area (Å²) in [5.74, 6) is 0.708. The molecule has 6 nitrogen and oxygen atoms in total. The Hall–Kier alpha value is -3.07. The average Bonchev–Trinajstić information content (AvgIpc) is 3.38. The molecule has 1 fully saturated rings. The second-order valence-electron chi connectivity index (χ2n) is 8.11. The lowest BCUT2D eigenvalue weighted by atomic mass is 10.1. The third-order valence-electron chi connectivity index (χ3n) is 5.71. The van der Waals surface area contributed by atoms with E-state index in [0.29, 0.717) is 19.0 Å². The zero-order chi connectivity index (χ0) is 22.7. The van der Waals surface area contributed by atoms with Crippen LogP contribution >= 0.6 is 0 Å². The van der Waals surface area contributed by atoms with E-state index in [1.165, 1.54) is 0 Å². The minimum absolute atomic E-state index is 0.221. The maximum Gasteiger partial charge on any atom is 0.416 e. The summed E-state index contributed by atoms with van der Waals surface area (Å²) in [5, 5.41) is 6.76. The number of aromatic nitrogens is 2. The van der Waals surface area contributed by atoms with Crippen molar-refractivity contribution in [2.45, 2.75) is 38.7 Å². The number of hydrogen-bond acceptors (Lipinski definition) is 3. The molecule has 1 aliphatic heterocycles. The smallest absolute Gasteiger partial charge is 0.352 e. The van der Waals surface area contributed by atoms with Gasteiger partial charge in [0.15, 0.2) is 5.96 Å². The molecule has 3 aromatic rings. The summed E-state index contributed by atoms with van der Waals surface area (Å²) in [7, 11) is 1.73. The molecule has 1 unspecified atom stereocenters. The monoisotopic (exact) mass is 444 g/mol. The molecule has 1 aromatic carbocycles. The number of rotatable bonds is 5. The van der Waals surface area contributed by atoms with Crippen molar-refractivity contribution in [3.8, 4) is 0 Å². The molecule has 0 aliphatic carbocycles. The van der Waals surface area contributed by atoms with Gasteiger partial charge in [-0.3, -0.25) is 9.89 Å². The van der Waals surface area contributed by atoms with Crippen LogP contribution in [-0.4, -0.2) is 46.4 Å². The molecule has 2 N–H and O–H groups in total. The van der Waals surface area contributed by atoms with E-state index < -0.39 is 11.7 Å². The van der Waals surface area contributed by atoms with E-state index in [9.17, 15) is 13.2 Å². The maximum absolute atomic E-state index is 12.7. The number of halogens is 3. The molecule has 1 saturated heterocycles. The van der Waals surface area contributed by atoms with Gasteiger partial charge < -0.3 is 15.0 Å². The van der Waals surface area contributed by atoms with Gasteiger partial charge in [-0.05, 0) is 43.2 Å². The normalized spacial score (nSPS) is 17.8. The van der Waals surface area contributed by atoms with Gasteiger partial charge in [-0.15, -0.1) is 0 Å². The van der Waals surface area contributed by atoms with Gasteiger partial charge in [-0.2, -0.15) is 13.2 Å². The van der Waals surface area contributed by atoms with Crippen LogP contribution in [0.4, 0.5) is 13.2 Å². The van der Waals surface area contributed by atoms with Crippen molar-refractivity contribution in [3.05, 3.63) is 71.2 Å². The first kappa shape index (κ1) is 22.1.